The molecule has 0 bridgehead atoms. The van der Waals surface area contributed by atoms with Gasteiger partial charge < -0.3 is 5.32 Å². The lowest BCUT2D eigenvalue weighted by Gasteiger charge is -2.05. The van der Waals surface area contributed by atoms with Crippen LogP contribution in [-0.4, -0.2) is 4.98 Å². The molecule has 2 rings (SSSR count). The molecular formula is C13H13FN2. The number of anilines is 1. The van der Waals surface area contributed by atoms with Crippen LogP contribution in [0.3, 0.4) is 0 Å². The molecule has 16 heavy (non-hydrogen) atoms. The molecule has 0 amide bonds. The Morgan fingerprint density at radius 1 is 1.12 bits per heavy atom. The lowest BCUT2D eigenvalue weighted by Crippen LogP contribution is -2.01. The summed E-state index contributed by atoms with van der Waals surface area (Å²) in [6.45, 7) is 2.65. The smallest absolute Gasteiger partial charge is 0.123 e. The summed E-state index contributed by atoms with van der Waals surface area (Å²) in [6.07, 6.45) is 1.83. The molecule has 0 saturated heterocycles. The minimum atomic E-state index is -0.223. The van der Waals surface area contributed by atoms with E-state index in [-0.39, 0.29) is 5.82 Å². The fraction of sp³-hybridized carbons (Fsp3) is 0.154. The van der Waals surface area contributed by atoms with Crippen LogP contribution in [0.4, 0.5) is 10.1 Å². The molecule has 0 radical (unpaired) electrons. The van der Waals surface area contributed by atoms with Gasteiger partial charge >= 0.3 is 0 Å². The molecule has 3 heteroatoms. The van der Waals surface area contributed by atoms with Crippen molar-refractivity contribution < 1.29 is 4.39 Å². The maximum absolute atomic E-state index is 12.7. The summed E-state index contributed by atoms with van der Waals surface area (Å²) >= 11 is 0. The standard InChI is InChI=1S/C13H13FN2/c1-10-2-5-13(15-8-10)9-16-12-6-3-11(14)4-7-12/h2-8,16H,9H2,1H3. The highest BCUT2D eigenvalue weighted by Crippen LogP contribution is 2.09. The van der Waals surface area contributed by atoms with E-state index in [9.17, 15) is 4.39 Å². The maximum Gasteiger partial charge on any atom is 0.123 e. The molecule has 1 aromatic heterocycles. The third kappa shape index (κ3) is 2.79. The van der Waals surface area contributed by atoms with Crippen molar-refractivity contribution >= 4 is 5.69 Å². The average Bonchev–Trinajstić information content (AvgIpc) is 2.30. The number of aromatic nitrogens is 1. The molecule has 1 aromatic carbocycles. The SMILES string of the molecule is Cc1ccc(CNc2ccc(F)cc2)nc1. The van der Waals surface area contributed by atoms with Crippen LogP contribution in [0.1, 0.15) is 11.3 Å². The largest absolute Gasteiger partial charge is 0.379 e. The normalized spacial score (nSPS) is 10.1. The molecule has 0 aliphatic rings. The van der Waals surface area contributed by atoms with E-state index >= 15 is 0 Å². The van der Waals surface area contributed by atoms with Gasteiger partial charge in [0.15, 0.2) is 0 Å². The second kappa shape index (κ2) is 4.75. The zero-order valence-electron chi connectivity index (χ0n) is 9.07. The first kappa shape index (κ1) is 10.6. The van der Waals surface area contributed by atoms with Crippen molar-refractivity contribution in [3.05, 3.63) is 59.7 Å². The van der Waals surface area contributed by atoms with Gasteiger partial charge in [-0.05, 0) is 42.8 Å². The van der Waals surface area contributed by atoms with E-state index in [1.54, 1.807) is 12.1 Å². The molecule has 0 unspecified atom stereocenters. The predicted octanol–water partition coefficient (Wildman–Crippen LogP) is 3.14. The number of nitrogens with one attached hydrogen (secondary N) is 1. The molecule has 0 atom stereocenters. The van der Waals surface area contributed by atoms with Gasteiger partial charge in [-0.2, -0.15) is 0 Å². The maximum atomic E-state index is 12.7. The number of halogens is 1. The quantitative estimate of drug-likeness (QED) is 0.852. The van der Waals surface area contributed by atoms with Crippen molar-refractivity contribution in [1.29, 1.82) is 0 Å². The van der Waals surface area contributed by atoms with E-state index in [0.29, 0.717) is 6.54 Å². The van der Waals surface area contributed by atoms with Crippen molar-refractivity contribution in [2.45, 2.75) is 13.5 Å². The molecule has 0 spiro atoms. The molecule has 0 fully saturated rings. The van der Waals surface area contributed by atoms with Crippen LogP contribution in [0.5, 0.6) is 0 Å². The second-order valence-electron chi connectivity index (χ2n) is 3.69. The van der Waals surface area contributed by atoms with Gasteiger partial charge in [-0.25, -0.2) is 4.39 Å². The van der Waals surface area contributed by atoms with Crippen molar-refractivity contribution in [2.24, 2.45) is 0 Å². The van der Waals surface area contributed by atoms with E-state index in [1.807, 2.05) is 25.3 Å². The van der Waals surface area contributed by atoms with Gasteiger partial charge in [-0.15, -0.1) is 0 Å². The third-order valence-electron chi connectivity index (χ3n) is 2.29. The van der Waals surface area contributed by atoms with Gasteiger partial charge in [0.05, 0.1) is 12.2 Å². The van der Waals surface area contributed by atoms with Gasteiger partial charge in [0.25, 0.3) is 0 Å². The first-order valence-electron chi connectivity index (χ1n) is 5.15. The van der Waals surface area contributed by atoms with E-state index < -0.39 is 0 Å². The lowest BCUT2D eigenvalue weighted by atomic mass is 10.2. The average molecular weight is 216 g/mol. The topological polar surface area (TPSA) is 24.9 Å². The highest BCUT2D eigenvalue weighted by Gasteiger charge is 1.95. The minimum Gasteiger partial charge on any atom is -0.379 e. The molecule has 1 N–H and O–H groups in total. The Morgan fingerprint density at radius 3 is 2.50 bits per heavy atom. The molecule has 1 heterocycles. The summed E-state index contributed by atoms with van der Waals surface area (Å²) < 4.78 is 12.7. The minimum absolute atomic E-state index is 0.223. The number of nitrogens with zero attached hydrogens (tertiary/aromatic N) is 1. The Hall–Kier alpha value is -1.90. The summed E-state index contributed by atoms with van der Waals surface area (Å²) in [5.74, 6) is -0.223. The van der Waals surface area contributed by atoms with Crippen LogP contribution >= 0.6 is 0 Å². The predicted molar refractivity (Wildman–Crippen MR) is 62.7 cm³/mol. The van der Waals surface area contributed by atoms with Crippen LogP contribution in [0.25, 0.3) is 0 Å². The van der Waals surface area contributed by atoms with E-state index in [0.717, 1.165) is 16.9 Å². The van der Waals surface area contributed by atoms with Gasteiger partial charge in [0.2, 0.25) is 0 Å². The summed E-state index contributed by atoms with van der Waals surface area (Å²) in [5, 5.41) is 3.18. The third-order valence-corrected chi connectivity index (χ3v) is 2.29. The molecule has 2 aromatic rings. The first-order chi connectivity index (χ1) is 7.74. The van der Waals surface area contributed by atoms with Crippen molar-refractivity contribution in [2.75, 3.05) is 5.32 Å². The Morgan fingerprint density at radius 2 is 1.88 bits per heavy atom. The second-order valence-corrected chi connectivity index (χ2v) is 3.69. The molecule has 0 aliphatic carbocycles. The summed E-state index contributed by atoms with van der Waals surface area (Å²) in [5.41, 5.74) is 3.00. The first-order valence-corrected chi connectivity index (χ1v) is 5.15. The number of benzene rings is 1. The number of pyridine rings is 1. The monoisotopic (exact) mass is 216 g/mol. The molecule has 82 valence electrons. The fourth-order valence-electron chi connectivity index (χ4n) is 1.36. The van der Waals surface area contributed by atoms with E-state index in [1.165, 1.54) is 12.1 Å². The van der Waals surface area contributed by atoms with Gasteiger partial charge in [0, 0.05) is 11.9 Å². The highest BCUT2D eigenvalue weighted by atomic mass is 19.1. The van der Waals surface area contributed by atoms with Gasteiger partial charge in [-0.3, -0.25) is 4.98 Å². The van der Waals surface area contributed by atoms with Gasteiger partial charge in [-0.1, -0.05) is 6.07 Å². The van der Waals surface area contributed by atoms with Crippen molar-refractivity contribution in [1.82, 2.24) is 4.98 Å². The Balaban J connectivity index is 1.97. The number of aryl methyl sites for hydroxylation is 1. The number of hydrogen-bond acceptors (Lipinski definition) is 2. The number of hydrogen-bond donors (Lipinski definition) is 1. The Bertz CT molecular complexity index is 403. The van der Waals surface area contributed by atoms with Gasteiger partial charge in [0.1, 0.15) is 5.82 Å². The Kier molecular flexibility index (Phi) is 3.15. The lowest BCUT2D eigenvalue weighted by molar-refractivity contribution is 0.628. The van der Waals surface area contributed by atoms with Crippen LogP contribution in [0.15, 0.2) is 42.6 Å². The van der Waals surface area contributed by atoms with Crippen molar-refractivity contribution in [3.8, 4) is 0 Å². The summed E-state index contributed by atoms with van der Waals surface area (Å²) in [7, 11) is 0. The van der Waals surface area contributed by atoms with Crippen LogP contribution in [0, 0.1) is 12.7 Å². The summed E-state index contributed by atoms with van der Waals surface area (Å²) in [4.78, 5) is 4.27. The molecule has 2 nitrogen and oxygen atoms in total. The highest BCUT2D eigenvalue weighted by molar-refractivity contribution is 5.43. The van der Waals surface area contributed by atoms with E-state index in [4.69, 9.17) is 0 Å². The van der Waals surface area contributed by atoms with E-state index in [2.05, 4.69) is 10.3 Å². The van der Waals surface area contributed by atoms with Crippen LogP contribution in [0.2, 0.25) is 0 Å². The fourth-order valence-corrected chi connectivity index (χ4v) is 1.36. The molecular weight excluding hydrogens is 203 g/mol. The van der Waals surface area contributed by atoms with Crippen molar-refractivity contribution in [3.63, 3.8) is 0 Å². The zero-order valence-corrected chi connectivity index (χ0v) is 9.07. The Labute approximate surface area is 94.2 Å². The summed E-state index contributed by atoms with van der Waals surface area (Å²) in [6, 6.07) is 10.3. The molecule has 0 saturated carbocycles. The van der Waals surface area contributed by atoms with Crippen LogP contribution < -0.4 is 5.32 Å². The number of rotatable bonds is 3. The zero-order chi connectivity index (χ0) is 11.4. The molecule has 0 aliphatic heterocycles. The van der Waals surface area contributed by atoms with Crippen LogP contribution in [-0.2, 0) is 6.54 Å².